The minimum absolute atomic E-state index is 0.0523. The maximum absolute atomic E-state index is 13.0. The van der Waals surface area contributed by atoms with Gasteiger partial charge >= 0.3 is 0 Å². The summed E-state index contributed by atoms with van der Waals surface area (Å²) in [7, 11) is 0. The smallest absolute Gasteiger partial charge is 0.295 e. The molecule has 0 bridgehead atoms. The number of rotatable bonds is 4. The zero-order valence-corrected chi connectivity index (χ0v) is 16.8. The molecule has 4 rings (SSSR count). The van der Waals surface area contributed by atoms with Gasteiger partial charge in [0.2, 0.25) is 5.91 Å². The zero-order valence-electron chi connectivity index (χ0n) is 16.8. The number of benzene rings is 1. The van der Waals surface area contributed by atoms with Crippen LogP contribution in [0.15, 0.2) is 30.5 Å². The van der Waals surface area contributed by atoms with Crippen molar-refractivity contribution < 1.29 is 19.1 Å². The summed E-state index contributed by atoms with van der Waals surface area (Å²) in [5.41, 5.74) is 1.15. The Morgan fingerprint density at radius 2 is 1.83 bits per heavy atom. The molecule has 0 aliphatic carbocycles. The van der Waals surface area contributed by atoms with Crippen LogP contribution in [-0.2, 0) is 20.9 Å². The van der Waals surface area contributed by atoms with Gasteiger partial charge in [-0.2, -0.15) is 0 Å². The molecule has 2 fully saturated rings. The lowest BCUT2D eigenvalue weighted by molar-refractivity contribution is -0.135. The van der Waals surface area contributed by atoms with E-state index >= 15 is 0 Å². The summed E-state index contributed by atoms with van der Waals surface area (Å²) in [5, 5.41) is 0.707. The van der Waals surface area contributed by atoms with E-state index in [0.29, 0.717) is 37.3 Å². The lowest BCUT2D eigenvalue weighted by Crippen LogP contribution is -2.44. The van der Waals surface area contributed by atoms with Gasteiger partial charge in [-0.15, -0.1) is 0 Å². The van der Waals surface area contributed by atoms with E-state index in [1.54, 1.807) is 15.7 Å². The topological polar surface area (TPSA) is 71.9 Å². The highest BCUT2D eigenvalue weighted by atomic mass is 16.5. The van der Waals surface area contributed by atoms with Gasteiger partial charge in [0.25, 0.3) is 11.7 Å². The Balaban J connectivity index is 1.60. The Morgan fingerprint density at radius 3 is 2.59 bits per heavy atom. The molecular weight excluding hydrogens is 370 g/mol. The van der Waals surface area contributed by atoms with Crippen LogP contribution in [0.2, 0.25) is 0 Å². The maximum Gasteiger partial charge on any atom is 0.295 e. The molecule has 7 nitrogen and oxygen atoms in total. The van der Waals surface area contributed by atoms with E-state index in [1.165, 1.54) is 0 Å². The van der Waals surface area contributed by atoms with Gasteiger partial charge in [0.1, 0.15) is 6.54 Å². The Kier molecular flexibility index (Phi) is 5.67. The molecule has 2 aromatic rings. The third-order valence-corrected chi connectivity index (χ3v) is 5.95. The first-order chi connectivity index (χ1) is 14.1. The number of likely N-dealkylation sites (tertiary alicyclic amines) is 1. The summed E-state index contributed by atoms with van der Waals surface area (Å²) in [5.74, 6) is -0.982. The number of fused-ring (bicyclic) bond motifs is 1. The number of carbonyl (C=O) groups excluding carboxylic acids is 3. The van der Waals surface area contributed by atoms with Gasteiger partial charge in [-0.05, 0) is 32.3 Å². The van der Waals surface area contributed by atoms with E-state index in [0.717, 1.165) is 31.3 Å². The molecule has 1 aromatic heterocycles. The molecule has 2 aliphatic heterocycles. The van der Waals surface area contributed by atoms with Crippen molar-refractivity contribution >= 4 is 28.5 Å². The lowest BCUT2D eigenvalue weighted by Gasteiger charge is -2.33. The molecule has 0 N–H and O–H groups in total. The van der Waals surface area contributed by atoms with Crippen LogP contribution in [-0.4, -0.2) is 70.9 Å². The summed E-state index contributed by atoms with van der Waals surface area (Å²) < 4.78 is 7.07. The number of amides is 2. The molecule has 2 saturated heterocycles. The van der Waals surface area contributed by atoms with Gasteiger partial charge in [-0.3, -0.25) is 14.4 Å². The number of Topliss-reactive ketones (excluding diaryl/α,β-unsaturated/α-hetero) is 1. The average Bonchev–Trinajstić information content (AvgIpc) is 3.12. The molecule has 2 aliphatic rings. The number of ether oxygens (including phenoxy) is 1. The molecule has 1 atom stereocenters. The monoisotopic (exact) mass is 397 g/mol. The van der Waals surface area contributed by atoms with Crippen molar-refractivity contribution in [2.75, 3.05) is 32.8 Å². The number of aromatic nitrogens is 1. The van der Waals surface area contributed by atoms with E-state index in [4.69, 9.17) is 4.74 Å². The third-order valence-electron chi connectivity index (χ3n) is 5.95. The molecule has 2 amide bonds. The largest absolute Gasteiger partial charge is 0.378 e. The second-order valence-corrected chi connectivity index (χ2v) is 7.85. The van der Waals surface area contributed by atoms with Crippen LogP contribution >= 0.6 is 0 Å². The van der Waals surface area contributed by atoms with Crippen LogP contribution in [0.5, 0.6) is 0 Å². The number of morpholine rings is 1. The second-order valence-electron chi connectivity index (χ2n) is 7.85. The summed E-state index contributed by atoms with van der Waals surface area (Å²) in [6.07, 6.45) is 4.87. The predicted octanol–water partition coefficient (Wildman–Crippen LogP) is 2.08. The van der Waals surface area contributed by atoms with Crippen molar-refractivity contribution in [2.24, 2.45) is 0 Å². The average molecular weight is 397 g/mol. The Morgan fingerprint density at radius 1 is 1.07 bits per heavy atom. The fourth-order valence-corrected chi connectivity index (χ4v) is 4.29. The van der Waals surface area contributed by atoms with Gasteiger partial charge < -0.3 is 19.1 Å². The number of carbonyl (C=O) groups is 3. The third kappa shape index (κ3) is 3.92. The highest BCUT2D eigenvalue weighted by molar-refractivity contribution is 6.44. The number of nitrogens with zero attached hydrogens (tertiary/aromatic N) is 3. The van der Waals surface area contributed by atoms with Gasteiger partial charge in [-0.1, -0.05) is 18.2 Å². The molecule has 7 heteroatoms. The number of piperidine rings is 1. The predicted molar refractivity (Wildman–Crippen MR) is 109 cm³/mol. The standard InChI is InChI=1S/C22H27N3O4/c1-16-6-4-5-9-25(16)20(26)15-24-14-18(17-7-2-3-8-19(17)24)21(27)22(28)23-10-12-29-13-11-23/h2-3,7-8,14,16H,4-6,9-13,15H2,1H3. The first kappa shape index (κ1) is 19.6. The van der Waals surface area contributed by atoms with Crippen LogP contribution in [0.3, 0.4) is 0 Å². The number of hydrogen-bond donors (Lipinski definition) is 0. The number of ketones is 1. The van der Waals surface area contributed by atoms with Gasteiger partial charge in [0.05, 0.1) is 18.8 Å². The SMILES string of the molecule is CC1CCCCN1C(=O)Cn1cc(C(=O)C(=O)N2CCOCC2)c2ccccc21. The molecular formula is C22H27N3O4. The lowest BCUT2D eigenvalue weighted by atomic mass is 10.0. The molecule has 0 spiro atoms. The van der Waals surface area contributed by atoms with Gasteiger partial charge in [-0.25, -0.2) is 0 Å². The molecule has 0 saturated carbocycles. The van der Waals surface area contributed by atoms with E-state index in [9.17, 15) is 14.4 Å². The minimum atomic E-state index is -0.527. The van der Waals surface area contributed by atoms with Crippen molar-refractivity contribution in [3.8, 4) is 0 Å². The van der Waals surface area contributed by atoms with Crippen molar-refractivity contribution in [2.45, 2.75) is 38.8 Å². The van der Waals surface area contributed by atoms with Crippen molar-refractivity contribution in [1.29, 1.82) is 0 Å². The summed E-state index contributed by atoms with van der Waals surface area (Å²) >= 11 is 0. The molecule has 154 valence electrons. The molecule has 29 heavy (non-hydrogen) atoms. The van der Waals surface area contributed by atoms with Crippen LogP contribution in [0.4, 0.5) is 0 Å². The highest BCUT2D eigenvalue weighted by Crippen LogP contribution is 2.24. The second kappa shape index (κ2) is 8.37. The fourth-order valence-electron chi connectivity index (χ4n) is 4.29. The number of hydrogen-bond acceptors (Lipinski definition) is 4. The van der Waals surface area contributed by atoms with Crippen LogP contribution in [0.25, 0.3) is 10.9 Å². The first-order valence-corrected chi connectivity index (χ1v) is 10.3. The molecule has 0 radical (unpaired) electrons. The summed E-state index contributed by atoms with van der Waals surface area (Å²) in [6.45, 7) is 4.78. The quantitative estimate of drug-likeness (QED) is 0.585. The maximum atomic E-state index is 13.0. The van der Waals surface area contributed by atoms with E-state index < -0.39 is 11.7 Å². The van der Waals surface area contributed by atoms with Gasteiger partial charge in [0.15, 0.2) is 0 Å². The van der Waals surface area contributed by atoms with Crippen LogP contribution in [0, 0.1) is 0 Å². The van der Waals surface area contributed by atoms with Gasteiger partial charge in [0, 0.05) is 42.8 Å². The number of para-hydroxylation sites is 1. The summed E-state index contributed by atoms with van der Waals surface area (Å²) in [6, 6.07) is 7.68. The molecule has 3 heterocycles. The molecule has 1 aromatic carbocycles. The fraction of sp³-hybridized carbons (Fsp3) is 0.500. The van der Waals surface area contributed by atoms with E-state index in [-0.39, 0.29) is 18.5 Å². The first-order valence-electron chi connectivity index (χ1n) is 10.3. The Bertz CT molecular complexity index is 929. The van der Waals surface area contributed by atoms with Crippen molar-refractivity contribution in [1.82, 2.24) is 14.4 Å². The minimum Gasteiger partial charge on any atom is -0.378 e. The van der Waals surface area contributed by atoms with Crippen LogP contribution < -0.4 is 0 Å². The van der Waals surface area contributed by atoms with E-state index in [1.807, 2.05) is 29.2 Å². The zero-order chi connectivity index (χ0) is 20.4. The Hall–Kier alpha value is -2.67. The van der Waals surface area contributed by atoms with Crippen molar-refractivity contribution in [3.63, 3.8) is 0 Å². The van der Waals surface area contributed by atoms with Crippen LogP contribution in [0.1, 0.15) is 36.5 Å². The highest BCUT2D eigenvalue weighted by Gasteiger charge is 2.29. The summed E-state index contributed by atoms with van der Waals surface area (Å²) in [4.78, 5) is 42.1. The van der Waals surface area contributed by atoms with E-state index in [2.05, 4.69) is 6.92 Å². The normalized spacial score (nSPS) is 20.1. The van der Waals surface area contributed by atoms with Crippen molar-refractivity contribution in [3.05, 3.63) is 36.0 Å². The molecule has 1 unspecified atom stereocenters. The Labute approximate surface area is 170 Å².